The van der Waals surface area contributed by atoms with E-state index in [9.17, 15) is 19.7 Å². The second-order valence-corrected chi connectivity index (χ2v) is 5.40. The molecule has 0 radical (unpaired) electrons. The van der Waals surface area contributed by atoms with Crippen molar-refractivity contribution >= 4 is 23.3 Å². The van der Waals surface area contributed by atoms with Crippen LogP contribution in [0.2, 0.25) is 0 Å². The summed E-state index contributed by atoms with van der Waals surface area (Å²) in [6.45, 7) is 0.742. The second kappa shape index (κ2) is 9.18. The Hall–Kier alpha value is -3.62. The van der Waals surface area contributed by atoms with E-state index in [1.807, 2.05) is 0 Å². The number of carbonyl (C=O) groups is 2. The van der Waals surface area contributed by atoms with Crippen molar-refractivity contribution in [1.82, 2.24) is 0 Å². The van der Waals surface area contributed by atoms with E-state index in [-0.39, 0.29) is 11.4 Å². The topological polar surface area (TPSA) is 117 Å². The third kappa shape index (κ3) is 5.70. The second-order valence-electron chi connectivity index (χ2n) is 5.40. The van der Waals surface area contributed by atoms with Crippen LogP contribution in [0.1, 0.15) is 5.56 Å². The van der Waals surface area contributed by atoms with Crippen molar-refractivity contribution in [2.24, 2.45) is 0 Å². The van der Waals surface area contributed by atoms with Crippen LogP contribution >= 0.6 is 0 Å². The van der Waals surface area contributed by atoms with Gasteiger partial charge >= 0.3 is 5.97 Å². The zero-order chi connectivity index (χ0) is 19.8. The molecule has 0 fully saturated rings. The fourth-order valence-electron chi connectivity index (χ4n) is 2.11. The van der Waals surface area contributed by atoms with Crippen LogP contribution in [0.15, 0.2) is 42.5 Å². The van der Waals surface area contributed by atoms with Crippen molar-refractivity contribution in [3.8, 4) is 11.5 Å². The lowest BCUT2D eigenvalue weighted by Gasteiger charge is -2.11. The van der Waals surface area contributed by atoms with Crippen LogP contribution in [-0.2, 0) is 14.3 Å². The van der Waals surface area contributed by atoms with Gasteiger partial charge < -0.3 is 19.5 Å². The van der Waals surface area contributed by atoms with Crippen molar-refractivity contribution in [3.63, 3.8) is 0 Å². The zero-order valence-electron chi connectivity index (χ0n) is 14.8. The number of ether oxygens (including phenoxy) is 3. The van der Waals surface area contributed by atoms with Gasteiger partial charge in [-0.2, -0.15) is 0 Å². The zero-order valence-corrected chi connectivity index (χ0v) is 14.8. The summed E-state index contributed by atoms with van der Waals surface area (Å²) in [6.07, 6.45) is 0. The minimum absolute atomic E-state index is 0.155. The number of hydrogen-bond acceptors (Lipinski definition) is 7. The number of nitro groups is 1. The molecule has 27 heavy (non-hydrogen) atoms. The summed E-state index contributed by atoms with van der Waals surface area (Å²) in [5.41, 5.74) is 0.758. The number of nitro benzene ring substituents is 1. The highest BCUT2D eigenvalue weighted by molar-refractivity contribution is 5.93. The highest BCUT2D eigenvalue weighted by Gasteiger charge is 2.13. The Balaban J connectivity index is 1.84. The van der Waals surface area contributed by atoms with Crippen LogP contribution in [0.25, 0.3) is 0 Å². The average molecular weight is 374 g/mol. The largest absolute Gasteiger partial charge is 0.493 e. The molecule has 0 unspecified atom stereocenters. The van der Waals surface area contributed by atoms with E-state index in [0.717, 1.165) is 0 Å². The van der Waals surface area contributed by atoms with Gasteiger partial charge in [0.1, 0.15) is 0 Å². The van der Waals surface area contributed by atoms with Crippen molar-refractivity contribution in [2.45, 2.75) is 6.92 Å². The summed E-state index contributed by atoms with van der Waals surface area (Å²) in [6, 6.07) is 10.9. The van der Waals surface area contributed by atoms with E-state index in [1.165, 1.54) is 25.3 Å². The first kappa shape index (κ1) is 19.7. The molecule has 2 rings (SSSR count). The lowest BCUT2D eigenvalue weighted by molar-refractivity contribution is -0.384. The van der Waals surface area contributed by atoms with Gasteiger partial charge in [0.15, 0.2) is 24.7 Å². The number of amides is 1. The van der Waals surface area contributed by atoms with E-state index in [4.69, 9.17) is 14.2 Å². The Morgan fingerprint density at radius 1 is 1.11 bits per heavy atom. The van der Waals surface area contributed by atoms with Gasteiger partial charge in [0.05, 0.1) is 17.7 Å². The van der Waals surface area contributed by atoms with E-state index in [0.29, 0.717) is 17.1 Å². The number of esters is 1. The molecule has 0 spiro atoms. The standard InChI is InChI=1S/C18H18N2O7/c1-12-7-8-13(20(23)24)9-14(12)19-17(21)10-27-18(22)11-26-16-6-4-3-5-15(16)25-2/h3-9H,10-11H2,1-2H3,(H,19,21). The predicted molar refractivity (Wildman–Crippen MR) is 95.9 cm³/mol. The Labute approximate surface area is 155 Å². The number of anilines is 1. The molecule has 0 aromatic heterocycles. The maximum Gasteiger partial charge on any atom is 0.344 e. The van der Waals surface area contributed by atoms with E-state index < -0.39 is 30.0 Å². The van der Waals surface area contributed by atoms with Crippen LogP contribution < -0.4 is 14.8 Å². The number of para-hydroxylation sites is 2. The predicted octanol–water partition coefficient (Wildman–Crippen LogP) is 2.47. The van der Waals surface area contributed by atoms with E-state index in [2.05, 4.69) is 5.32 Å². The quantitative estimate of drug-likeness (QED) is 0.428. The molecule has 0 heterocycles. The summed E-state index contributed by atoms with van der Waals surface area (Å²) >= 11 is 0. The summed E-state index contributed by atoms with van der Waals surface area (Å²) in [5.74, 6) is -0.533. The molecule has 1 N–H and O–H groups in total. The van der Waals surface area contributed by atoms with Gasteiger partial charge in [0.2, 0.25) is 0 Å². The number of carbonyl (C=O) groups excluding carboxylic acids is 2. The molecule has 9 nitrogen and oxygen atoms in total. The van der Waals surface area contributed by atoms with Crippen molar-refractivity contribution < 1.29 is 28.7 Å². The third-order valence-electron chi connectivity index (χ3n) is 3.48. The first-order chi connectivity index (χ1) is 12.9. The average Bonchev–Trinajstić information content (AvgIpc) is 2.66. The lowest BCUT2D eigenvalue weighted by Crippen LogP contribution is -2.24. The Bertz CT molecular complexity index is 851. The highest BCUT2D eigenvalue weighted by atomic mass is 16.6. The smallest absolute Gasteiger partial charge is 0.344 e. The van der Waals surface area contributed by atoms with Gasteiger partial charge in [-0.15, -0.1) is 0 Å². The summed E-state index contributed by atoms with van der Waals surface area (Å²) in [5, 5.41) is 13.3. The molecule has 0 atom stereocenters. The molecule has 2 aromatic rings. The molecular formula is C18H18N2O7. The maximum atomic E-state index is 11.9. The normalized spacial score (nSPS) is 10.0. The Morgan fingerprint density at radius 2 is 1.81 bits per heavy atom. The van der Waals surface area contributed by atoms with Gasteiger partial charge in [-0.3, -0.25) is 14.9 Å². The SMILES string of the molecule is COc1ccccc1OCC(=O)OCC(=O)Nc1cc([N+](=O)[O-])ccc1C. The molecular weight excluding hydrogens is 356 g/mol. The number of non-ortho nitro benzene ring substituents is 1. The number of aryl methyl sites for hydroxylation is 1. The van der Waals surface area contributed by atoms with Crippen molar-refractivity contribution in [3.05, 3.63) is 58.1 Å². The van der Waals surface area contributed by atoms with Crippen LogP contribution in [0.5, 0.6) is 11.5 Å². The van der Waals surface area contributed by atoms with Crippen molar-refractivity contribution in [1.29, 1.82) is 0 Å². The molecule has 142 valence electrons. The molecule has 0 bridgehead atoms. The summed E-state index contributed by atoms with van der Waals surface area (Å²) in [7, 11) is 1.47. The molecule has 0 saturated heterocycles. The van der Waals surface area contributed by atoms with Crippen LogP contribution in [0, 0.1) is 17.0 Å². The third-order valence-corrected chi connectivity index (χ3v) is 3.48. The maximum absolute atomic E-state index is 11.9. The lowest BCUT2D eigenvalue weighted by atomic mass is 10.2. The number of methoxy groups -OCH3 is 1. The number of benzene rings is 2. The van der Waals surface area contributed by atoms with Crippen LogP contribution in [0.3, 0.4) is 0 Å². The van der Waals surface area contributed by atoms with Crippen molar-refractivity contribution in [2.75, 3.05) is 25.6 Å². The molecule has 1 amide bonds. The van der Waals surface area contributed by atoms with Crippen LogP contribution in [0.4, 0.5) is 11.4 Å². The number of nitrogens with zero attached hydrogens (tertiary/aromatic N) is 1. The number of hydrogen-bond donors (Lipinski definition) is 1. The number of rotatable bonds is 8. The minimum atomic E-state index is -0.744. The summed E-state index contributed by atoms with van der Waals surface area (Å²) < 4.78 is 15.2. The fourth-order valence-corrected chi connectivity index (χ4v) is 2.11. The summed E-state index contributed by atoms with van der Waals surface area (Å²) in [4.78, 5) is 33.9. The van der Waals surface area contributed by atoms with Gasteiger partial charge in [0.25, 0.3) is 11.6 Å². The van der Waals surface area contributed by atoms with Gasteiger partial charge in [-0.1, -0.05) is 18.2 Å². The van der Waals surface area contributed by atoms with Gasteiger partial charge in [0, 0.05) is 12.1 Å². The number of nitrogens with one attached hydrogen (secondary N) is 1. The molecule has 0 aliphatic heterocycles. The van der Waals surface area contributed by atoms with Gasteiger partial charge in [-0.05, 0) is 24.6 Å². The molecule has 0 aliphatic carbocycles. The molecule has 9 heteroatoms. The first-order valence-corrected chi connectivity index (χ1v) is 7.87. The highest BCUT2D eigenvalue weighted by Crippen LogP contribution is 2.25. The monoisotopic (exact) mass is 374 g/mol. The molecule has 0 aliphatic rings. The molecule has 0 saturated carbocycles. The Morgan fingerprint density at radius 3 is 2.48 bits per heavy atom. The van der Waals surface area contributed by atoms with E-state index in [1.54, 1.807) is 31.2 Å². The fraction of sp³-hybridized carbons (Fsp3) is 0.222. The Kier molecular flexibility index (Phi) is 6.70. The minimum Gasteiger partial charge on any atom is -0.493 e. The molecule has 2 aromatic carbocycles. The van der Waals surface area contributed by atoms with Crippen LogP contribution in [-0.4, -0.2) is 37.1 Å². The van der Waals surface area contributed by atoms with Gasteiger partial charge in [-0.25, -0.2) is 4.79 Å². The van der Waals surface area contributed by atoms with E-state index >= 15 is 0 Å². The first-order valence-electron chi connectivity index (χ1n) is 7.87.